The van der Waals surface area contributed by atoms with Crippen molar-refractivity contribution in [1.82, 2.24) is 5.32 Å². The topological polar surface area (TPSA) is 99.0 Å². The van der Waals surface area contributed by atoms with E-state index in [-0.39, 0.29) is 11.8 Å². The van der Waals surface area contributed by atoms with Gasteiger partial charge in [0.2, 0.25) is 0 Å². The predicted octanol–water partition coefficient (Wildman–Crippen LogP) is 5.03. The molecule has 1 aromatic heterocycles. The van der Waals surface area contributed by atoms with Crippen LogP contribution in [0.1, 0.15) is 41.8 Å². The first kappa shape index (κ1) is 23.9. The molecule has 35 heavy (non-hydrogen) atoms. The summed E-state index contributed by atoms with van der Waals surface area (Å²) in [6.45, 7) is 0. The first-order chi connectivity index (χ1) is 17.1. The number of rotatable bonds is 9. The van der Waals surface area contributed by atoms with Crippen LogP contribution >= 0.6 is 0 Å². The Morgan fingerprint density at radius 3 is 2.37 bits per heavy atom. The molecule has 2 N–H and O–H groups in total. The third-order valence-corrected chi connectivity index (χ3v) is 5.69. The minimum Gasteiger partial charge on any atom is -0.493 e. The number of amides is 2. The van der Waals surface area contributed by atoms with Crippen molar-refractivity contribution in [3.63, 3.8) is 0 Å². The van der Waals surface area contributed by atoms with Gasteiger partial charge in [0.05, 0.1) is 26.6 Å². The van der Waals surface area contributed by atoms with E-state index in [1.807, 2.05) is 12.1 Å². The van der Waals surface area contributed by atoms with Crippen LogP contribution < -0.4 is 24.8 Å². The van der Waals surface area contributed by atoms with Crippen molar-refractivity contribution in [3.8, 4) is 17.2 Å². The molecule has 1 aliphatic rings. The summed E-state index contributed by atoms with van der Waals surface area (Å²) in [5, 5.41) is 5.48. The SMILES string of the molecule is COc1ccc(C(=O)N/C(=C\c2ccco2)C(=O)Nc2ccc(OC3CCCC3)cc2)cc1OC. The minimum absolute atomic E-state index is 0.0195. The normalized spacial score (nSPS) is 13.8. The van der Waals surface area contributed by atoms with Crippen LogP contribution in [0.3, 0.4) is 0 Å². The highest BCUT2D eigenvalue weighted by molar-refractivity contribution is 6.10. The second-order valence-electron chi connectivity index (χ2n) is 8.10. The van der Waals surface area contributed by atoms with Crippen LogP contribution in [0.25, 0.3) is 6.08 Å². The first-order valence-corrected chi connectivity index (χ1v) is 11.4. The molecule has 3 aromatic rings. The van der Waals surface area contributed by atoms with Crippen LogP contribution in [0.5, 0.6) is 17.2 Å². The van der Waals surface area contributed by atoms with Gasteiger partial charge in [0.15, 0.2) is 11.5 Å². The Kier molecular flexibility index (Phi) is 7.72. The maximum absolute atomic E-state index is 13.1. The van der Waals surface area contributed by atoms with E-state index in [1.54, 1.807) is 42.5 Å². The third kappa shape index (κ3) is 6.23. The van der Waals surface area contributed by atoms with E-state index in [1.165, 1.54) is 39.4 Å². The van der Waals surface area contributed by atoms with Gasteiger partial charge in [-0.2, -0.15) is 0 Å². The molecule has 4 rings (SSSR count). The van der Waals surface area contributed by atoms with Crippen LogP contribution in [0.4, 0.5) is 5.69 Å². The summed E-state index contributed by atoms with van der Waals surface area (Å²) >= 11 is 0. The molecule has 2 aromatic carbocycles. The van der Waals surface area contributed by atoms with Gasteiger partial charge >= 0.3 is 0 Å². The van der Waals surface area contributed by atoms with Gasteiger partial charge in [0, 0.05) is 17.3 Å². The van der Waals surface area contributed by atoms with Gasteiger partial charge in [0.25, 0.3) is 11.8 Å². The van der Waals surface area contributed by atoms with Crippen molar-refractivity contribution < 1.29 is 28.2 Å². The predicted molar refractivity (Wildman–Crippen MR) is 132 cm³/mol. The van der Waals surface area contributed by atoms with E-state index in [9.17, 15) is 9.59 Å². The number of ether oxygens (including phenoxy) is 3. The van der Waals surface area contributed by atoms with E-state index < -0.39 is 11.8 Å². The number of benzene rings is 2. The standard InChI is InChI=1S/C27H28N2O6/c1-32-24-14-9-18(16-25(24)33-2)26(30)29-23(17-22-8-5-15-34-22)27(31)28-19-10-12-21(13-11-19)35-20-6-3-4-7-20/h5,8-17,20H,3-4,6-7H2,1-2H3,(H,28,31)(H,29,30)/b23-17-. The summed E-state index contributed by atoms with van der Waals surface area (Å²) in [7, 11) is 3.00. The van der Waals surface area contributed by atoms with Crippen molar-refractivity contribution in [2.45, 2.75) is 31.8 Å². The van der Waals surface area contributed by atoms with Crippen molar-refractivity contribution in [3.05, 3.63) is 77.9 Å². The van der Waals surface area contributed by atoms with E-state index in [0.717, 1.165) is 18.6 Å². The van der Waals surface area contributed by atoms with E-state index in [2.05, 4.69) is 10.6 Å². The first-order valence-electron chi connectivity index (χ1n) is 11.4. The Hall–Kier alpha value is -4.20. The minimum atomic E-state index is -0.500. The van der Waals surface area contributed by atoms with Crippen molar-refractivity contribution in [1.29, 1.82) is 0 Å². The molecule has 8 nitrogen and oxygen atoms in total. The molecular weight excluding hydrogens is 448 g/mol. The van der Waals surface area contributed by atoms with E-state index in [4.69, 9.17) is 18.6 Å². The highest BCUT2D eigenvalue weighted by atomic mass is 16.5. The fourth-order valence-electron chi connectivity index (χ4n) is 3.86. The van der Waals surface area contributed by atoms with Crippen LogP contribution in [0.2, 0.25) is 0 Å². The number of carbonyl (C=O) groups excluding carboxylic acids is 2. The van der Waals surface area contributed by atoms with Crippen molar-refractivity contribution in [2.24, 2.45) is 0 Å². The second-order valence-corrected chi connectivity index (χ2v) is 8.10. The summed E-state index contributed by atoms with van der Waals surface area (Å²) in [5.74, 6) is 1.10. The quantitative estimate of drug-likeness (QED) is 0.421. The molecule has 0 radical (unpaired) electrons. The highest BCUT2D eigenvalue weighted by Gasteiger charge is 2.18. The largest absolute Gasteiger partial charge is 0.493 e. The summed E-state index contributed by atoms with van der Waals surface area (Å²) in [5.41, 5.74) is 0.889. The van der Waals surface area contributed by atoms with Crippen LogP contribution in [0, 0.1) is 0 Å². The molecule has 1 heterocycles. The number of carbonyl (C=O) groups is 2. The Bertz CT molecular complexity index is 1180. The lowest BCUT2D eigenvalue weighted by molar-refractivity contribution is -0.113. The van der Waals surface area contributed by atoms with Gasteiger partial charge in [-0.3, -0.25) is 9.59 Å². The Morgan fingerprint density at radius 1 is 0.971 bits per heavy atom. The summed E-state index contributed by atoms with van der Waals surface area (Å²) in [4.78, 5) is 26.0. The molecule has 1 fully saturated rings. The molecule has 1 aliphatic carbocycles. The lowest BCUT2D eigenvalue weighted by Gasteiger charge is -2.14. The molecule has 0 aliphatic heterocycles. The Labute approximate surface area is 203 Å². The van der Waals surface area contributed by atoms with Gasteiger partial charge < -0.3 is 29.3 Å². The Balaban J connectivity index is 1.48. The smallest absolute Gasteiger partial charge is 0.272 e. The van der Waals surface area contributed by atoms with E-state index in [0.29, 0.717) is 28.5 Å². The van der Waals surface area contributed by atoms with Gasteiger partial charge in [0.1, 0.15) is 17.2 Å². The summed E-state index contributed by atoms with van der Waals surface area (Å²) in [6.07, 6.45) is 7.73. The molecular formula is C27H28N2O6. The number of nitrogens with one attached hydrogen (secondary N) is 2. The highest BCUT2D eigenvalue weighted by Crippen LogP contribution is 2.28. The van der Waals surface area contributed by atoms with Crippen molar-refractivity contribution >= 4 is 23.6 Å². The zero-order valence-electron chi connectivity index (χ0n) is 19.7. The maximum Gasteiger partial charge on any atom is 0.272 e. The van der Waals surface area contributed by atoms with Gasteiger partial charge in [-0.05, 0) is 80.3 Å². The van der Waals surface area contributed by atoms with Crippen LogP contribution in [-0.2, 0) is 4.79 Å². The summed E-state index contributed by atoms with van der Waals surface area (Å²) in [6, 6.07) is 15.3. The maximum atomic E-state index is 13.1. The average Bonchev–Trinajstić information content (AvgIpc) is 3.59. The third-order valence-electron chi connectivity index (χ3n) is 5.69. The number of methoxy groups -OCH3 is 2. The number of hydrogen-bond donors (Lipinski definition) is 2. The molecule has 182 valence electrons. The molecule has 0 unspecified atom stereocenters. The monoisotopic (exact) mass is 476 g/mol. The molecule has 2 amide bonds. The molecule has 0 bridgehead atoms. The van der Waals surface area contributed by atoms with Gasteiger partial charge in [-0.15, -0.1) is 0 Å². The fourth-order valence-corrected chi connectivity index (χ4v) is 3.86. The second kappa shape index (κ2) is 11.3. The molecule has 0 atom stereocenters. The van der Waals surface area contributed by atoms with E-state index >= 15 is 0 Å². The molecule has 0 saturated heterocycles. The zero-order chi connectivity index (χ0) is 24.6. The van der Waals surface area contributed by atoms with Crippen molar-refractivity contribution in [2.75, 3.05) is 19.5 Å². The number of furan rings is 1. The zero-order valence-corrected chi connectivity index (χ0v) is 19.7. The van der Waals surface area contributed by atoms with Gasteiger partial charge in [-0.1, -0.05) is 0 Å². The van der Waals surface area contributed by atoms with Crippen LogP contribution in [-0.4, -0.2) is 32.1 Å². The number of anilines is 1. The Morgan fingerprint density at radius 2 is 1.71 bits per heavy atom. The number of hydrogen-bond acceptors (Lipinski definition) is 6. The fraction of sp³-hybridized carbons (Fsp3) is 0.259. The average molecular weight is 477 g/mol. The molecule has 8 heteroatoms. The summed E-state index contributed by atoms with van der Waals surface area (Å²) < 4.78 is 21.8. The van der Waals surface area contributed by atoms with Crippen LogP contribution in [0.15, 0.2) is 71.0 Å². The lowest BCUT2D eigenvalue weighted by atomic mass is 10.1. The van der Waals surface area contributed by atoms with Gasteiger partial charge in [-0.25, -0.2) is 0 Å². The molecule has 0 spiro atoms. The molecule has 1 saturated carbocycles. The lowest BCUT2D eigenvalue weighted by Crippen LogP contribution is -2.30.